The summed E-state index contributed by atoms with van der Waals surface area (Å²) in [6, 6.07) is 12.0. The van der Waals surface area contributed by atoms with Crippen molar-refractivity contribution in [3.05, 3.63) is 80.7 Å². The molecule has 0 bridgehead atoms. The van der Waals surface area contributed by atoms with Gasteiger partial charge in [-0.2, -0.15) is 5.10 Å². The van der Waals surface area contributed by atoms with Crippen molar-refractivity contribution in [2.24, 2.45) is 12.5 Å². The predicted molar refractivity (Wildman–Crippen MR) is 137 cm³/mol. The Labute approximate surface area is 207 Å². The minimum Gasteiger partial charge on any atom is -0.340 e. The van der Waals surface area contributed by atoms with Crippen molar-refractivity contribution < 1.29 is 12.8 Å². The molecule has 0 radical (unpaired) electrons. The lowest BCUT2D eigenvalue weighted by molar-refractivity contribution is 0.337. The molecule has 0 amide bonds. The van der Waals surface area contributed by atoms with E-state index in [-0.39, 0.29) is 27.9 Å². The summed E-state index contributed by atoms with van der Waals surface area (Å²) in [6.07, 6.45) is 1.14. The second-order valence-corrected chi connectivity index (χ2v) is 12.1. The zero-order chi connectivity index (χ0) is 26.4. The van der Waals surface area contributed by atoms with Gasteiger partial charge < -0.3 is 5.32 Å². The van der Waals surface area contributed by atoms with E-state index in [2.05, 4.69) is 10.4 Å². The topological polar surface area (TPSA) is 108 Å². The summed E-state index contributed by atoms with van der Waals surface area (Å²) < 4.78 is 41.2. The van der Waals surface area contributed by atoms with Gasteiger partial charge in [-0.3, -0.25) is 13.9 Å². The van der Waals surface area contributed by atoms with Gasteiger partial charge in [0.15, 0.2) is 15.5 Å². The van der Waals surface area contributed by atoms with Crippen molar-refractivity contribution in [2.45, 2.75) is 38.8 Å². The van der Waals surface area contributed by atoms with Crippen LogP contribution in [0.5, 0.6) is 0 Å². The van der Waals surface area contributed by atoms with E-state index in [1.165, 1.54) is 48.0 Å². The average Bonchev–Trinajstić information content (AvgIpc) is 3.13. The van der Waals surface area contributed by atoms with Crippen LogP contribution in [0.25, 0.3) is 11.0 Å². The first-order valence-electron chi connectivity index (χ1n) is 11.3. The van der Waals surface area contributed by atoms with E-state index < -0.39 is 26.9 Å². The summed E-state index contributed by atoms with van der Waals surface area (Å²) in [6.45, 7) is 6.46. The summed E-state index contributed by atoms with van der Waals surface area (Å²) >= 11 is 0. The monoisotopic (exact) mass is 513 g/mol. The fourth-order valence-electron chi connectivity index (χ4n) is 3.90. The summed E-state index contributed by atoms with van der Waals surface area (Å²) in [5.74, 6) is -0.0631. The molecule has 9 nitrogen and oxygen atoms in total. The van der Waals surface area contributed by atoms with Gasteiger partial charge in [-0.1, -0.05) is 32.9 Å². The molecule has 0 aliphatic carbocycles. The van der Waals surface area contributed by atoms with Crippen LogP contribution in [0, 0.1) is 11.2 Å². The molecule has 36 heavy (non-hydrogen) atoms. The van der Waals surface area contributed by atoms with E-state index in [9.17, 15) is 22.4 Å². The number of hydrogen-bond donors (Lipinski definition) is 1. The maximum Gasteiger partial charge on any atom is 0.332 e. The Morgan fingerprint density at radius 2 is 1.61 bits per heavy atom. The van der Waals surface area contributed by atoms with Crippen molar-refractivity contribution in [1.82, 2.24) is 18.9 Å². The van der Waals surface area contributed by atoms with Gasteiger partial charge >= 0.3 is 5.69 Å². The first kappa shape index (κ1) is 25.4. The highest BCUT2D eigenvalue weighted by Crippen LogP contribution is 2.27. The van der Waals surface area contributed by atoms with Crippen LogP contribution in [0.3, 0.4) is 0 Å². The van der Waals surface area contributed by atoms with Crippen LogP contribution in [0.1, 0.15) is 26.3 Å². The Kier molecular flexibility index (Phi) is 6.38. The van der Waals surface area contributed by atoms with Crippen LogP contribution < -0.4 is 16.6 Å². The SMILES string of the molecule is Cn1c(=O)c2c(Nc3ccc(F)cc3)n(Cc3ccc(S(C)(=O)=O)cc3)nc2n(CC(C)(C)C)c1=O. The first-order chi connectivity index (χ1) is 16.7. The first-order valence-corrected chi connectivity index (χ1v) is 13.2. The van der Waals surface area contributed by atoms with Gasteiger partial charge in [0.2, 0.25) is 0 Å². The molecule has 0 saturated heterocycles. The standard InChI is InChI=1S/C25H28FN5O4S/c1-25(2,3)15-30-22-20(23(32)29(4)24(30)33)21(27-18-10-8-17(26)9-11-18)31(28-22)14-16-6-12-19(13-7-16)36(5,34)35/h6-13,27H,14-15H2,1-5H3. The summed E-state index contributed by atoms with van der Waals surface area (Å²) in [7, 11) is -1.93. The molecule has 0 unspecified atom stereocenters. The lowest BCUT2D eigenvalue weighted by atomic mass is 9.97. The highest BCUT2D eigenvalue weighted by molar-refractivity contribution is 7.90. The van der Waals surface area contributed by atoms with Crippen molar-refractivity contribution in [3.63, 3.8) is 0 Å². The maximum absolute atomic E-state index is 13.5. The Balaban J connectivity index is 1.94. The summed E-state index contributed by atoms with van der Waals surface area (Å²) in [4.78, 5) is 26.5. The van der Waals surface area contributed by atoms with Crippen molar-refractivity contribution in [1.29, 1.82) is 0 Å². The molecule has 1 N–H and O–H groups in total. The van der Waals surface area contributed by atoms with Gasteiger partial charge in [0.1, 0.15) is 17.0 Å². The predicted octanol–water partition coefficient (Wildman–Crippen LogP) is 3.28. The number of fused-ring (bicyclic) bond motifs is 1. The third-order valence-corrected chi connectivity index (χ3v) is 6.78. The second kappa shape index (κ2) is 9.05. The van der Waals surface area contributed by atoms with E-state index in [0.29, 0.717) is 18.1 Å². The number of rotatable bonds is 6. The van der Waals surface area contributed by atoms with E-state index in [0.717, 1.165) is 16.4 Å². The maximum atomic E-state index is 13.5. The molecule has 4 rings (SSSR count). The zero-order valence-corrected chi connectivity index (χ0v) is 21.6. The van der Waals surface area contributed by atoms with Crippen LogP contribution in [0.4, 0.5) is 15.9 Å². The minimum absolute atomic E-state index is 0.189. The zero-order valence-electron chi connectivity index (χ0n) is 20.7. The molecule has 190 valence electrons. The van der Waals surface area contributed by atoms with Gasteiger partial charge in [-0.15, -0.1) is 0 Å². The number of hydrogen-bond acceptors (Lipinski definition) is 6. The quantitative estimate of drug-likeness (QED) is 0.424. The molecule has 0 aliphatic heterocycles. The number of benzene rings is 2. The average molecular weight is 514 g/mol. The number of anilines is 2. The number of sulfone groups is 1. The molecule has 0 fully saturated rings. The van der Waals surface area contributed by atoms with E-state index in [4.69, 9.17) is 0 Å². The molecule has 0 aliphatic rings. The van der Waals surface area contributed by atoms with Gasteiger partial charge in [-0.05, 0) is 47.4 Å². The molecular formula is C25H28FN5O4S. The smallest absolute Gasteiger partial charge is 0.332 e. The van der Waals surface area contributed by atoms with Crippen LogP contribution in [0.2, 0.25) is 0 Å². The van der Waals surface area contributed by atoms with E-state index in [1.54, 1.807) is 16.8 Å². The van der Waals surface area contributed by atoms with Crippen LogP contribution >= 0.6 is 0 Å². The Morgan fingerprint density at radius 3 is 2.17 bits per heavy atom. The third kappa shape index (κ3) is 5.11. The Hall–Kier alpha value is -3.73. The molecule has 2 heterocycles. The molecule has 0 atom stereocenters. The Bertz CT molecular complexity index is 1660. The van der Waals surface area contributed by atoms with Gasteiger partial charge in [0.25, 0.3) is 5.56 Å². The Morgan fingerprint density at radius 1 is 1.00 bits per heavy atom. The lowest BCUT2D eigenvalue weighted by Crippen LogP contribution is -2.40. The molecule has 2 aromatic heterocycles. The fraction of sp³-hybridized carbons (Fsp3) is 0.320. The molecular weight excluding hydrogens is 485 g/mol. The van der Waals surface area contributed by atoms with Crippen molar-refractivity contribution in [3.8, 4) is 0 Å². The molecule has 0 saturated carbocycles. The number of nitrogens with one attached hydrogen (secondary N) is 1. The normalized spacial score (nSPS) is 12.3. The van der Waals surface area contributed by atoms with Crippen LogP contribution in [-0.4, -0.2) is 33.6 Å². The van der Waals surface area contributed by atoms with Gasteiger partial charge in [-0.25, -0.2) is 22.3 Å². The summed E-state index contributed by atoms with van der Waals surface area (Å²) in [5, 5.41) is 8.04. The summed E-state index contributed by atoms with van der Waals surface area (Å²) in [5.41, 5.74) is 0.238. The highest BCUT2D eigenvalue weighted by atomic mass is 32.2. The van der Waals surface area contributed by atoms with Gasteiger partial charge in [0, 0.05) is 25.5 Å². The highest BCUT2D eigenvalue weighted by Gasteiger charge is 2.24. The molecule has 11 heteroatoms. The lowest BCUT2D eigenvalue weighted by Gasteiger charge is -2.20. The van der Waals surface area contributed by atoms with E-state index >= 15 is 0 Å². The van der Waals surface area contributed by atoms with E-state index in [1.807, 2.05) is 20.8 Å². The fourth-order valence-corrected chi connectivity index (χ4v) is 4.54. The van der Waals surface area contributed by atoms with Crippen molar-refractivity contribution >= 4 is 32.4 Å². The van der Waals surface area contributed by atoms with Crippen LogP contribution in [0.15, 0.2) is 63.0 Å². The molecule has 2 aromatic carbocycles. The molecule has 0 spiro atoms. The van der Waals surface area contributed by atoms with Crippen molar-refractivity contribution in [2.75, 3.05) is 11.6 Å². The number of nitrogens with zero attached hydrogens (tertiary/aromatic N) is 4. The van der Waals surface area contributed by atoms with Gasteiger partial charge in [0.05, 0.1) is 11.4 Å². The largest absolute Gasteiger partial charge is 0.340 e. The minimum atomic E-state index is -3.35. The number of halogens is 1. The number of aromatic nitrogens is 4. The molecule has 4 aromatic rings. The van der Waals surface area contributed by atoms with Crippen LogP contribution in [-0.2, 0) is 30.0 Å². The second-order valence-electron chi connectivity index (χ2n) is 10.0. The third-order valence-electron chi connectivity index (χ3n) is 5.65.